The van der Waals surface area contributed by atoms with Gasteiger partial charge in [-0.2, -0.15) is 5.10 Å². The first-order valence-corrected chi connectivity index (χ1v) is 7.80. The first kappa shape index (κ1) is 16.7. The van der Waals surface area contributed by atoms with Crippen LogP contribution in [-0.2, 0) is 9.53 Å². The maximum atomic E-state index is 11.7. The molecule has 0 radical (unpaired) electrons. The number of aromatic nitrogens is 2. The van der Waals surface area contributed by atoms with Gasteiger partial charge in [-0.25, -0.2) is 0 Å². The normalized spacial score (nSPS) is 21.9. The summed E-state index contributed by atoms with van der Waals surface area (Å²) in [5.74, 6) is 0.0717. The molecule has 1 aliphatic carbocycles. The fourth-order valence-corrected chi connectivity index (χ4v) is 2.69. The summed E-state index contributed by atoms with van der Waals surface area (Å²) in [6.07, 6.45) is 5.80. The van der Waals surface area contributed by atoms with Crippen molar-refractivity contribution in [3.05, 3.63) is 17.5 Å². The second-order valence-corrected chi connectivity index (χ2v) is 5.12. The topological polar surface area (TPSA) is 44.1 Å². The Kier molecular flexibility index (Phi) is 6.76. The van der Waals surface area contributed by atoms with Gasteiger partial charge >= 0.3 is 5.97 Å². The maximum Gasteiger partial charge on any atom is 0.308 e. The number of hydrogen-bond acceptors (Lipinski definition) is 3. The highest BCUT2D eigenvalue weighted by atomic mass is 16.5. The van der Waals surface area contributed by atoms with Crippen LogP contribution in [0.4, 0.5) is 0 Å². The average Bonchev–Trinajstić information content (AvgIpc) is 2.82. The van der Waals surface area contributed by atoms with Gasteiger partial charge in [-0.15, -0.1) is 0 Å². The van der Waals surface area contributed by atoms with Gasteiger partial charge < -0.3 is 4.74 Å². The van der Waals surface area contributed by atoms with Crippen molar-refractivity contribution in [2.75, 3.05) is 6.61 Å². The quantitative estimate of drug-likeness (QED) is 0.791. The smallest absolute Gasteiger partial charge is 0.308 e. The molecule has 1 aromatic heterocycles. The van der Waals surface area contributed by atoms with Crippen molar-refractivity contribution in [1.29, 1.82) is 0 Å². The van der Waals surface area contributed by atoms with Crippen molar-refractivity contribution >= 4 is 5.97 Å². The van der Waals surface area contributed by atoms with Crippen LogP contribution in [0.5, 0.6) is 0 Å². The van der Waals surface area contributed by atoms with E-state index in [1.165, 1.54) is 11.3 Å². The van der Waals surface area contributed by atoms with Crippen LogP contribution in [0.25, 0.3) is 0 Å². The van der Waals surface area contributed by atoms with E-state index < -0.39 is 0 Å². The van der Waals surface area contributed by atoms with Crippen molar-refractivity contribution in [2.24, 2.45) is 5.92 Å². The van der Waals surface area contributed by atoms with Crippen LogP contribution >= 0.6 is 0 Å². The van der Waals surface area contributed by atoms with Gasteiger partial charge in [0.2, 0.25) is 0 Å². The van der Waals surface area contributed by atoms with Crippen molar-refractivity contribution in [3.8, 4) is 0 Å². The number of carbonyl (C=O) groups is 1. The first-order valence-electron chi connectivity index (χ1n) is 7.80. The van der Waals surface area contributed by atoms with Gasteiger partial charge in [0.1, 0.15) is 0 Å². The minimum Gasteiger partial charge on any atom is -0.466 e. The highest BCUT2D eigenvalue weighted by molar-refractivity contribution is 5.72. The fraction of sp³-hybridized carbons (Fsp3) is 0.750. The molecule has 4 nitrogen and oxygen atoms in total. The summed E-state index contributed by atoms with van der Waals surface area (Å²) in [6, 6.07) is 0.448. The minimum absolute atomic E-state index is 0.0238. The Balaban J connectivity index is 0.000000956. The highest BCUT2D eigenvalue weighted by Crippen LogP contribution is 2.33. The summed E-state index contributed by atoms with van der Waals surface area (Å²) in [4.78, 5) is 11.7. The Morgan fingerprint density at radius 3 is 2.35 bits per heavy atom. The third kappa shape index (κ3) is 3.84. The molecule has 0 aromatic carbocycles. The van der Waals surface area contributed by atoms with Crippen LogP contribution in [-0.4, -0.2) is 22.4 Å². The number of carbonyl (C=O) groups excluding carboxylic acids is 1. The van der Waals surface area contributed by atoms with E-state index in [0.29, 0.717) is 12.6 Å². The van der Waals surface area contributed by atoms with Crippen molar-refractivity contribution in [3.63, 3.8) is 0 Å². The van der Waals surface area contributed by atoms with Gasteiger partial charge in [-0.05, 0) is 52.0 Å². The van der Waals surface area contributed by atoms with Crippen molar-refractivity contribution in [2.45, 2.75) is 66.3 Å². The highest BCUT2D eigenvalue weighted by Gasteiger charge is 2.28. The largest absolute Gasteiger partial charge is 0.466 e. The Hall–Kier alpha value is -1.32. The molecular weight excluding hydrogens is 252 g/mol. The second kappa shape index (κ2) is 8.08. The zero-order chi connectivity index (χ0) is 15.1. The first-order chi connectivity index (χ1) is 9.63. The van der Waals surface area contributed by atoms with Crippen LogP contribution in [0.15, 0.2) is 6.20 Å². The monoisotopic (exact) mass is 280 g/mol. The van der Waals surface area contributed by atoms with Gasteiger partial charge in [-0.1, -0.05) is 13.8 Å². The summed E-state index contributed by atoms with van der Waals surface area (Å²) in [5, 5.41) is 4.45. The molecule has 0 aliphatic heterocycles. The van der Waals surface area contributed by atoms with Gasteiger partial charge in [0.25, 0.3) is 0 Å². The zero-order valence-electron chi connectivity index (χ0n) is 13.5. The third-order valence-electron chi connectivity index (χ3n) is 3.95. The molecule has 1 heterocycles. The number of nitrogens with zero attached hydrogens (tertiary/aromatic N) is 2. The minimum atomic E-state index is -0.0238. The Bertz CT molecular complexity index is 418. The molecule has 4 heteroatoms. The molecule has 1 aromatic rings. The van der Waals surface area contributed by atoms with E-state index in [1.54, 1.807) is 0 Å². The lowest BCUT2D eigenvalue weighted by molar-refractivity contribution is -0.149. The molecule has 0 bridgehead atoms. The number of ether oxygens (including phenoxy) is 1. The van der Waals surface area contributed by atoms with Crippen LogP contribution in [0.1, 0.15) is 63.8 Å². The Morgan fingerprint density at radius 2 is 1.90 bits per heavy atom. The molecule has 0 amide bonds. The molecule has 2 rings (SSSR count). The van der Waals surface area contributed by atoms with E-state index in [0.717, 1.165) is 25.7 Å². The molecule has 20 heavy (non-hydrogen) atoms. The van der Waals surface area contributed by atoms with E-state index in [-0.39, 0.29) is 11.9 Å². The fourth-order valence-electron chi connectivity index (χ4n) is 2.69. The van der Waals surface area contributed by atoms with Crippen molar-refractivity contribution < 1.29 is 9.53 Å². The van der Waals surface area contributed by atoms with Crippen LogP contribution in [0.2, 0.25) is 0 Å². The molecule has 0 atom stereocenters. The molecule has 0 saturated heterocycles. The molecule has 114 valence electrons. The number of aryl methyl sites for hydroxylation is 1. The average molecular weight is 280 g/mol. The zero-order valence-corrected chi connectivity index (χ0v) is 13.5. The van der Waals surface area contributed by atoms with E-state index in [9.17, 15) is 4.79 Å². The summed E-state index contributed by atoms with van der Waals surface area (Å²) < 4.78 is 7.21. The van der Waals surface area contributed by atoms with Gasteiger partial charge in [-0.3, -0.25) is 9.48 Å². The van der Waals surface area contributed by atoms with E-state index in [4.69, 9.17) is 4.74 Å². The Morgan fingerprint density at radius 1 is 1.30 bits per heavy atom. The molecule has 0 spiro atoms. The number of rotatable bonds is 3. The molecule has 1 saturated carbocycles. The SMILES string of the molecule is CC.CCOC(=O)C1CCC(n2ncc(C)c2C)CC1. The van der Waals surface area contributed by atoms with Gasteiger partial charge in [0, 0.05) is 5.69 Å². The number of hydrogen-bond donors (Lipinski definition) is 0. The predicted molar refractivity (Wildman–Crippen MR) is 80.7 cm³/mol. The second-order valence-electron chi connectivity index (χ2n) is 5.12. The van der Waals surface area contributed by atoms with Crippen LogP contribution < -0.4 is 0 Å². The van der Waals surface area contributed by atoms with E-state index >= 15 is 0 Å². The van der Waals surface area contributed by atoms with E-state index in [2.05, 4.69) is 23.6 Å². The summed E-state index contributed by atoms with van der Waals surface area (Å²) in [7, 11) is 0. The predicted octanol–water partition coefficient (Wildman–Crippen LogP) is 3.82. The molecular formula is C16H28N2O2. The molecule has 1 aliphatic rings. The van der Waals surface area contributed by atoms with Gasteiger partial charge in [0.05, 0.1) is 24.8 Å². The molecule has 0 unspecified atom stereocenters. The summed E-state index contributed by atoms with van der Waals surface area (Å²) >= 11 is 0. The lowest BCUT2D eigenvalue weighted by Gasteiger charge is -2.28. The summed E-state index contributed by atoms with van der Waals surface area (Å²) in [6.45, 7) is 10.5. The van der Waals surface area contributed by atoms with Gasteiger partial charge in [0.15, 0.2) is 0 Å². The maximum absolute atomic E-state index is 11.7. The third-order valence-corrected chi connectivity index (χ3v) is 3.95. The lowest BCUT2D eigenvalue weighted by atomic mass is 9.86. The van der Waals surface area contributed by atoms with Crippen LogP contribution in [0.3, 0.4) is 0 Å². The molecule has 0 N–H and O–H groups in total. The lowest BCUT2D eigenvalue weighted by Crippen LogP contribution is -2.26. The van der Waals surface area contributed by atoms with Crippen molar-refractivity contribution in [1.82, 2.24) is 9.78 Å². The van der Waals surface area contributed by atoms with E-state index in [1.807, 2.05) is 27.0 Å². The Labute approximate surface area is 122 Å². The standard InChI is InChI=1S/C14H22N2O2.C2H6/c1-4-18-14(17)12-5-7-13(8-6-12)16-11(3)10(2)9-15-16;1-2/h9,12-13H,4-8H2,1-3H3;1-2H3. The summed E-state index contributed by atoms with van der Waals surface area (Å²) in [5.41, 5.74) is 2.48. The molecule has 1 fully saturated rings. The van der Waals surface area contributed by atoms with Crippen LogP contribution in [0, 0.1) is 19.8 Å². The number of esters is 1.